The number of hydrogen-bond donors (Lipinski definition) is 0. The molecule has 0 aliphatic carbocycles. The van der Waals surface area contributed by atoms with Crippen LogP contribution in [-0.2, 0) is 4.74 Å². The average Bonchev–Trinajstić information content (AvgIpc) is 3.27. The van der Waals surface area contributed by atoms with E-state index in [0.717, 1.165) is 11.3 Å². The van der Waals surface area contributed by atoms with E-state index in [1.165, 1.54) is 0 Å². The molecule has 1 aliphatic heterocycles. The molecule has 2 aromatic carbocycles. The van der Waals surface area contributed by atoms with Crippen LogP contribution in [0.1, 0.15) is 22.0 Å². The molecule has 3 nitrogen and oxygen atoms in total. The summed E-state index contributed by atoms with van der Waals surface area (Å²) in [5.74, 6) is 0.785. The third-order valence-corrected chi connectivity index (χ3v) is 3.25. The van der Waals surface area contributed by atoms with E-state index in [9.17, 15) is 4.79 Å². The van der Waals surface area contributed by atoms with Crippen LogP contribution in [0.2, 0.25) is 0 Å². The molecule has 0 saturated carbocycles. The van der Waals surface area contributed by atoms with Gasteiger partial charge in [0.25, 0.3) is 0 Å². The highest BCUT2D eigenvalue weighted by atomic mass is 16.6. The van der Waals surface area contributed by atoms with E-state index in [4.69, 9.17) is 9.47 Å². The monoisotopic (exact) mass is 254 g/mol. The number of rotatable bonds is 4. The maximum Gasteiger partial charge on any atom is 0.194 e. The zero-order valence-electron chi connectivity index (χ0n) is 10.6. The average molecular weight is 254 g/mol. The van der Waals surface area contributed by atoms with Crippen molar-refractivity contribution in [2.24, 2.45) is 0 Å². The maximum atomic E-state index is 12.2. The highest BCUT2D eigenvalue weighted by Crippen LogP contribution is 2.44. The van der Waals surface area contributed by atoms with Crippen molar-refractivity contribution in [3.8, 4) is 5.75 Å². The van der Waals surface area contributed by atoms with E-state index in [0.29, 0.717) is 5.56 Å². The van der Waals surface area contributed by atoms with Gasteiger partial charge in [-0.25, -0.2) is 0 Å². The fourth-order valence-electron chi connectivity index (χ4n) is 2.22. The molecule has 1 saturated heterocycles. The first-order valence-corrected chi connectivity index (χ1v) is 6.19. The molecular weight excluding hydrogens is 240 g/mol. The number of Topliss-reactive ketones (excluding diaryl/α,β-unsaturated/α-hetero) is 1. The number of epoxide rings is 1. The molecule has 1 fully saturated rings. The van der Waals surface area contributed by atoms with Crippen LogP contribution in [0.5, 0.6) is 5.75 Å². The molecule has 0 N–H and O–H groups in total. The molecule has 96 valence electrons. The summed E-state index contributed by atoms with van der Waals surface area (Å²) >= 11 is 0. The van der Waals surface area contributed by atoms with Crippen molar-refractivity contribution in [2.75, 3.05) is 7.11 Å². The van der Waals surface area contributed by atoms with Crippen molar-refractivity contribution in [1.82, 2.24) is 0 Å². The van der Waals surface area contributed by atoms with Gasteiger partial charge in [-0.1, -0.05) is 48.5 Å². The predicted octanol–water partition coefficient (Wildman–Crippen LogP) is 3.02. The normalized spacial score (nSPS) is 20.9. The Morgan fingerprint density at radius 1 is 1.05 bits per heavy atom. The molecule has 0 bridgehead atoms. The van der Waals surface area contributed by atoms with Gasteiger partial charge in [0.1, 0.15) is 11.9 Å². The Labute approximate surface area is 111 Å². The molecule has 2 aromatic rings. The summed E-state index contributed by atoms with van der Waals surface area (Å²) in [5, 5.41) is 0. The molecular formula is C16H14O3. The molecule has 3 heteroatoms. The van der Waals surface area contributed by atoms with E-state index < -0.39 is 6.10 Å². The third-order valence-electron chi connectivity index (χ3n) is 3.25. The largest absolute Gasteiger partial charge is 0.496 e. The van der Waals surface area contributed by atoms with Gasteiger partial charge in [-0.05, 0) is 6.07 Å². The number of carbonyl (C=O) groups is 1. The summed E-state index contributed by atoms with van der Waals surface area (Å²) < 4.78 is 10.8. The topological polar surface area (TPSA) is 38.8 Å². The van der Waals surface area contributed by atoms with Crippen molar-refractivity contribution in [2.45, 2.75) is 12.2 Å². The second-order valence-electron chi connectivity index (χ2n) is 4.45. The van der Waals surface area contributed by atoms with Crippen LogP contribution in [-0.4, -0.2) is 19.0 Å². The Balaban J connectivity index is 1.80. The SMILES string of the molecule is COc1ccccc1[C@H]1O[C@@H]1C(=O)c1ccccc1. The number of benzene rings is 2. The molecule has 1 heterocycles. The first-order chi connectivity index (χ1) is 9.31. The van der Waals surface area contributed by atoms with Crippen LogP contribution in [0.3, 0.4) is 0 Å². The van der Waals surface area contributed by atoms with E-state index in [2.05, 4.69) is 0 Å². The number of carbonyl (C=O) groups excluding carboxylic acids is 1. The molecule has 1 aliphatic rings. The zero-order chi connectivity index (χ0) is 13.2. The number of methoxy groups -OCH3 is 1. The van der Waals surface area contributed by atoms with E-state index in [1.807, 2.05) is 54.6 Å². The summed E-state index contributed by atoms with van der Waals surface area (Å²) in [7, 11) is 1.62. The fourth-order valence-corrected chi connectivity index (χ4v) is 2.22. The zero-order valence-corrected chi connectivity index (χ0v) is 10.6. The van der Waals surface area contributed by atoms with Gasteiger partial charge in [-0.2, -0.15) is 0 Å². The fraction of sp³-hybridized carbons (Fsp3) is 0.188. The molecule has 0 spiro atoms. The standard InChI is InChI=1S/C16H14O3/c1-18-13-10-6-5-9-12(13)15-16(19-15)14(17)11-7-3-2-4-8-11/h2-10,15-16H,1H3/t15-,16-/m1/s1. The molecule has 19 heavy (non-hydrogen) atoms. The lowest BCUT2D eigenvalue weighted by molar-refractivity contribution is 0.0953. The van der Waals surface area contributed by atoms with Gasteiger partial charge in [-0.15, -0.1) is 0 Å². The minimum atomic E-state index is -0.390. The van der Waals surface area contributed by atoms with Gasteiger partial charge >= 0.3 is 0 Å². The molecule has 0 radical (unpaired) electrons. The molecule has 0 amide bonds. The minimum Gasteiger partial charge on any atom is -0.496 e. The van der Waals surface area contributed by atoms with Gasteiger partial charge < -0.3 is 9.47 Å². The summed E-state index contributed by atoms with van der Waals surface area (Å²) in [4.78, 5) is 12.2. The quantitative estimate of drug-likeness (QED) is 0.622. The highest BCUT2D eigenvalue weighted by molar-refractivity contribution is 6.01. The van der Waals surface area contributed by atoms with Crippen LogP contribution in [0, 0.1) is 0 Å². The van der Waals surface area contributed by atoms with Crippen molar-refractivity contribution in [1.29, 1.82) is 0 Å². The first-order valence-electron chi connectivity index (χ1n) is 6.19. The summed E-state index contributed by atoms with van der Waals surface area (Å²) in [6, 6.07) is 16.8. The Bertz CT molecular complexity index is 592. The second-order valence-corrected chi connectivity index (χ2v) is 4.45. The van der Waals surface area contributed by atoms with Crippen molar-refractivity contribution in [3.05, 3.63) is 65.7 Å². The van der Waals surface area contributed by atoms with E-state index in [1.54, 1.807) is 7.11 Å². The Morgan fingerprint density at radius 2 is 1.74 bits per heavy atom. The summed E-state index contributed by atoms with van der Waals surface area (Å²) in [6.07, 6.45) is -0.581. The summed E-state index contributed by atoms with van der Waals surface area (Å²) in [5.41, 5.74) is 1.61. The van der Waals surface area contributed by atoms with Crippen LogP contribution in [0.4, 0.5) is 0 Å². The Kier molecular flexibility index (Phi) is 3.05. The first kappa shape index (κ1) is 11.9. The van der Waals surface area contributed by atoms with Gasteiger partial charge in [0, 0.05) is 11.1 Å². The van der Waals surface area contributed by atoms with Crippen molar-refractivity contribution in [3.63, 3.8) is 0 Å². The van der Waals surface area contributed by atoms with Gasteiger partial charge in [0.05, 0.1) is 7.11 Å². The minimum absolute atomic E-state index is 0.0245. The number of ketones is 1. The van der Waals surface area contributed by atoms with Crippen molar-refractivity contribution < 1.29 is 14.3 Å². The number of hydrogen-bond acceptors (Lipinski definition) is 3. The molecule has 0 unspecified atom stereocenters. The van der Waals surface area contributed by atoms with E-state index in [-0.39, 0.29) is 11.9 Å². The molecule has 3 rings (SSSR count). The van der Waals surface area contributed by atoms with Crippen LogP contribution < -0.4 is 4.74 Å². The van der Waals surface area contributed by atoms with Gasteiger partial charge in [0.15, 0.2) is 11.9 Å². The predicted molar refractivity (Wildman–Crippen MR) is 71.4 cm³/mol. The Hall–Kier alpha value is -2.13. The Morgan fingerprint density at radius 3 is 2.47 bits per heavy atom. The smallest absolute Gasteiger partial charge is 0.194 e. The third kappa shape index (κ3) is 2.25. The number of para-hydroxylation sites is 1. The van der Waals surface area contributed by atoms with Gasteiger partial charge in [-0.3, -0.25) is 4.79 Å². The maximum absolute atomic E-state index is 12.2. The van der Waals surface area contributed by atoms with Gasteiger partial charge in [0.2, 0.25) is 0 Å². The number of ether oxygens (including phenoxy) is 2. The molecule has 0 aromatic heterocycles. The van der Waals surface area contributed by atoms with Crippen molar-refractivity contribution >= 4 is 5.78 Å². The summed E-state index contributed by atoms with van der Waals surface area (Å²) in [6.45, 7) is 0. The molecule has 2 atom stereocenters. The lowest BCUT2D eigenvalue weighted by Gasteiger charge is -2.04. The lowest BCUT2D eigenvalue weighted by atomic mass is 10.0. The lowest BCUT2D eigenvalue weighted by Crippen LogP contribution is -2.08. The van der Waals surface area contributed by atoms with E-state index >= 15 is 0 Å². The highest BCUT2D eigenvalue weighted by Gasteiger charge is 2.47. The van der Waals surface area contributed by atoms with Crippen LogP contribution in [0.15, 0.2) is 54.6 Å². The van der Waals surface area contributed by atoms with Crippen LogP contribution >= 0.6 is 0 Å². The van der Waals surface area contributed by atoms with Crippen LogP contribution in [0.25, 0.3) is 0 Å². The second kappa shape index (κ2) is 4.86.